The van der Waals surface area contributed by atoms with Crippen LogP contribution in [0.25, 0.3) is 0 Å². The second kappa shape index (κ2) is 15.4. The number of halogens is 4. The van der Waals surface area contributed by atoms with Crippen LogP contribution in [0.3, 0.4) is 0 Å². The molecule has 2 atom stereocenters. The highest BCUT2D eigenvalue weighted by Gasteiger charge is 2.24. The highest BCUT2D eigenvalue weighted by Crippen LogP contribution is 2.48. The van der Waals surface area contributed by atoms with Crippen molar-refractivity contribution in [1.29, 1.82) is 0 Å². The van der Waals surface area contributed by atoms with Crippen molar-refractivity contribution in [3.8, 4) is 23.0 Å². The van der Waals surface area contributed by atoms with E-state index in [1.807, 2.05) is 109 Å². The van der Waals surface area contributed by atoms with Crippen LogP contribution in [0.2, 0.25) is 0 Å². The lowest BCUT2D eigenvalue weighted by Crippen LogP contribution is -2.17. The highest BCUT2D eigenvalue weighted by atomic mass is 79.9. The fraction of sp³-hybridized carbons (Fsp3) is 0. The molecule has 0 spiro atoms. The van der Waals surface area contributed by atoms with E-state index < -0.39 is 16.3 Å². The number of hydrogen-bond donors (Lipinski definition) is 0. The van der Waals surface area contributed by atoms with E-state index in [1.54, 1.807) is 0 Å². The van der Waals surface area contributed by atoms with E-state index in [2.05, 4.69) is 100 Å². The number of ether oxygens (including phenoxy) is 1. The summed E-state index contributed by atoms with van der Waals surface area (Å²) in [6.07, 6.45) is 0. The van der Waals surface area contributed by atoms with Crippen molar-refractivity contribution >= 4 is 101 Å². The monoisotopic (exact) mass is 882 g/mol. The molecule has 9 heteroatoms. The van der Waals surface area contributed by atoms with Crippen molar-refractivity contribution in [2.45, 2.75) is 0 Å². The Morgan fingerprint density at radius 2 is 0.756 bits per heavy atom. The zero-order valence-corrected chi connectivity index (χ0v) is 31.6. The standard InChI is InChI=1S/C36H24Br4O3P2/c37-25-19-21-31(33(23-25)42-44(27-11-3-1-4-12-27)35-17-9-7-15-29(35)39)41-32-22-20-26(38)24-34(32)43-45(28-13-5-2-6-14-28)36-18-10-8-16-30(36)40/h1-24H. The van der Waals surface area contributed by atoms with E-state index in [4.69, 9.17) is 13.8 Å². The summed E-state index contributed by atoms with van der Waals surface area (Å²) >= 11 is 14.8. The van der Waals surface area contributed by atoms with Crippen molar-refractivity contribution in [2.75, 3.05) is 0 Å². The van der Waals surface area contributed by atoms with Crippen molar-refractivity contribution in [3.63, 3.8) is 0 Å². The highest BCUT2D eigenvalue weighted by molar-refractivity contribution is 9.11. The summed E-state index contributed by atoms with van der Waals surface area (Å²) in [6, 6.07) is 48.5. The largest absolute Gasteiger partial charge is 0.460 e. The first-order valence-electron chi connectivity index (χ1n) is 13.8. The Morgan fingerprint density at radius 1 is 0.378 bits per heavy atom. The van der Waals surface area contributed by atoms with Gasteiger partial charge in [0.1, 0.15) is 0 Å². The molecule has 0 aliphatic carbocycles. The summed E-state index contributed by atoms with van der Waals surface area (Å²) in [6.45, 7) is 0. The van der Waals surface area contributed by atoms with Crippen LogP contribution >= 0.6 is 80.0 Å². The Bertz CT molecular complexity index is 1770. The van der Waals surface area contributed by atoms with Crippen molar-refractivity contribution in [1.82, 2.24) is 0 Å². The first kappa shape index (κ1) is 32.4. The van der Waals surface area contributed by atoms with Crippen LogP contribution in [0.1, 0.15) is 0 Å². The number of hydrogen-bond acceptors (Lipinski definition) is 3. The van der Waals surface area contributed by atoms with Crippen LogP contribution in [0.15, 0.2) is 163 Å². The van der Waals surface area contributed by atoms with Gasteiger partial charge in [-0.05, 0) is 60.7 Å². The van der Waals surface area contributed by atoms with Crippen LogP contribution in [-0.4, -0.2) is 0 Å². The molecule has 0 bridgehead atoms. The van der Waals surface area contributed by atoms with Crippen LogP contribution < -0.4 is 35.0 Å². The zero-order chi connectivity index (χ0) is 31.2. The minimum absolute atomic E-state index is 0.575. The molecule has 6 aromatic carbocycles. The maximum atomic E-state index is 6.88. The minimum Gasteiger partial charge on any atom is -0.460 e. The molecule has 6 rings (SSSR count). The maximum absolute atomic E-state index is 6.88. The summed E-state index contributed by atoms with van der Waals surface area (Å²) in [5, 5.41) is 4.30. The van der Waals surface area contributed by atoms with Crippen LogP contribution in [0, 0.1) is 0 Å². The molecule has 45 heavy (non-hydrogen) atoms. The SMILES string of the molecule is Brc1ccc(Oc2ccc(Br)cc2OP(c2ccccc2)c2ccccc2Br)c(OP(c2ccccc2)c2ccccc2Br)c1. The van der Waals surface area contributed by atoms with Gasteiger partial charge in [-0.3, -0.25) is 0 Å². The third kappa shape index (κ3) is 8.08. The van der Waals surface area contributed by atoms with Gasteiger partial charge in [-0.25, -0.2) is 0 Å². The zero-order valence-electron chi connectivity index (χ0n) is 23.5. The average Bonchev–Trinajstić information content (AvgIpc) is 3.06. The summed E-state index contributed by atoms with van der Waals surface area (Å²) in [7, 11) is -2.46. The Balaban J connectivity index is 1.38. The van der Waals surface area contributed by atoms with Gasteiger partial charge in [-0.1, -0.05) is 149 Å². The smallest absolute Gasteiger partial charge is 0.169 e. The molecular formula is C36H24Br4O3P2. The average molecular weight is 886 g/mol. The van der Waals surface area contributed by atoms with Crippen LogP contribution in [-0.2, 0) is 0 Å². The number of benzene rings is 6. The molecule has 0 amide bonds. The van der Waals surface area contributed by atoms with E-state index in [-0.39, 0.29) is 0 Å². The summed E-state index contributed by atoms with van der Waals surface area (Å²) in [4.78, 5) is 0. The molecule has 0 fully saturated rings. The van der Waals surface area contributed by atoms with Gasteiger partial charge in [-0.15, -0.1) is 0 Å². The van der Waals surface area contributed by atoms with E-state index in [0.29, 0.717) is 23.0 Å². The molecule has 0 aliphatic heterocycles. The predicted octanol–water partition coefficient (Wildman–Crippen LogP) is 11.4. The normalized spacial score (nSPS) is 12.3. The van der Waals surface area contributed by atoms with Gasteiger partial charge in [0.15, 0.2) is 39.3 Å². The molecule has 6 aromatic rings. The van der Waals surface area contributed by atoms with Gasteiger partial charge in [0.25, 0.3) is 0 Å². The van der Waals surface area contributed by atoms with E-state index >= 15 is 0 Å². The topological polar surface area (TPSA) is 27.7 Å². The molecular weight excluding hydrogens is 862 g/mol. The van der Waals surface area contributed by atoms with Gasteiger partial charge >= 0.3 is 0 Å². The lowest BCUT2D eigenvalue weighted by Gasteiger charge is -2.24. The van der Waals surface area contributed by atoms with Gasteiger partial charge in [0.05, 0.1) is 0 Å². The molecule has 0 radical (unpaired) electrons. The van der Waals surface area contributed by atoms with Crippen LogP contribution in [0.5, 0.6) is 23.0 Å². The molecule has 0 aliphatic rings. The summed E-state index contributed by atoms with van der Waals surface area (Å²) in [5.74, 6) is 2.37. The van der Waals surface area contributed by atoms with Gasteiger partial charge in [-0.2, -0.15) is 0 Å². The molecule has 224 valence electrons. The summed E-state index contributed by atoms with van der Waals surface area (Å²) < 4.78 is 24.2. The lowest BCUT2D eigenvalue weighted by atomic mass is 10.3. The summed E-state index contributed by atoms with van der Waals surface area (Å²) in [5.41, 5.74) is 0. The van der Waals surface area contributed by atoms with E-state index in [0.717, 1.165) is 39.1 Å². The second-order valence-corrected chi connectivity index (χ2v) is 16.7. The molecule has 3 nitrogen and oxygen atoms in total. The van der Waals surface area contributed by atoms with Crippen molar-refractivity contribution < 1.29 is 13.8 Å². The molecule has 0 saturated heterocycles. The molecule has 0 saturated carbocycles. The molecule has 0 aromatic heterocycles. The molecule has 0 N–H and O–H groups in total. The lowest BCUT2D eigenvalue weighted by molar-refractivity contribution is 0.438. The quantitative estimate of drug-likeness (QED) is 0.128. The maximum Gasteiger partial charge on any atom is 0.169 e. The van der Waals surface area contributed by atoms with E-state index in [1.165, 1.54) is 0 Å². The van der Waals surface area contributed by atoms with Crippen molar-refractivity contribution in [2.24, 2.45) is 0 Å². The molecule has 0 heterocycles. The second-order valence-electron chi connectivity index (χ2n) is 9.63. The first-order valence-corrected chi connectivity index (χ1v) is 19.5. The van der Waals surface area contributed by atoms with Gasteiger partial charge in [0.2, 0.25) is 0 Å². The minimum atomic E-state index is -1.23. The Hall–Kier alpha value is -2.50. The third-order valence-corrected chi connectivity index (χ3v) is 13.5. The predicted molar refractivity (Wildman–Crippen MR) is 203 cm³/mol. The number of rotatable bonds is 10. The molecule has 2 unspecified atom stereocenters. The van der Waals surface area contributed by atoms with Crippen LogP contribution in [0.4, 0.5) is 0 Å². The third-order valence-electron chi connectivity index (χ3n) is 6.53. The van der Waals surface area contributed by atoms with E-state index in [9.17, 15) is 0 Å². The Morgan fingerprint density at radius 3 is 1.16 bits per heavy atom. The van der Waals surface area contributed by atoms with Crippen molar-refractivity contribution in [3.05, 3.63) is 163 Å². The van der Waals surface area contributed by atoms with Gasteiger partial charge < -0.3 is 13.8 Å². The Labute approximate surface area is 299 Å². The first-order chi connectivity index (χ1) is 22.0. The van der Waals surface area contributed by atoms with Gasteiger partial charge in [0, 0.05) is 39.1 Å². The fourth-order valence-corrected chi connectivity index (χ4v) is 10.2. The Kier molecular flexibility index (Phi) is 11.1. The fourth-order valence-electron chi connectivity index (χ4n) is 4.43.